The van der Waals surface area contributed by atoms with E-state index >= 15 is 0 Å². The van der Waals surface area contributed by atoms with Crippen LogP contribution in [-0.4, -0.2) is 61.7 Å². The maximum atomic E-state index is 3.54. The largest absolute Gasteiger partial charge is 0.316 e. The number of rotatable bonds is 8. The summed E-state index contributed by atoms with van der Waals surface area (Å²) in [5.41, 5.74) is 0. The van der Waals surface area contributed by atoms with Crippen molar-refractivity contribution in [2.75, 3.05) is 45.8 Å². The molecule has 19 heavy (non-hydrogen) atoms. The zero-order valence-electron chi connectivity index (χ0n) is 13.0. The van der Waals surface area contributed by atoms with Gasteiger partial charge < -0.3 is 10.2 Å². The second-order valence-electron chi connectivity index (χ2n) is 6.79. The van der Waals surface area contributed by atoms with Crippen LogP contribution in [0.3, 0.4) is 0 Å². The molecule has 2 saturated heterocycles. The van der Waals surface area contributed by atoms with Gasteiger partial charge in [-0.3, -0.25) is 4.90 Å². The van der Waals surface area contributed by atoms with Crippen LogP contribution < -0.4 is 5.32 Å². The minimum atomic E-state index is 0.778. The number of likely N-dealkylation sites (tertiary alicyclic amines) is 2. The smallest absolute Gasteiger partial charge is 0.0235 e. The summed E-state index contributed by atoms with van der Waals surface area (Å²) in [6.45, 7) is 13.6. The van der Waals surface area contributed by atoms with Gasteiger partial charge in [-0.2, -0.15) is 0 Å². The molecule has 2 aliphatic heterocycles. The van der Waals surface area contributed by atoms with Crippen LogP contribution >= 0.6 is 0 Å². The van der Waals surface area contributed by atoms with Gasteiger partial charge >= 0.3 is 0 Å². The summed E-state index contributed by atoms with van der Waals surface area (Å²) >= 11 is 0. The van der Waals surface area contributed by atoms with Gasteiger partial charge in [-0.05, 0) is 77.3 Å². The van der Waals surface area contributed by atoms with Crippen molar-refractivity contribution in [2.45, 2.75) is 52.0 Å². The quantitative estimate of drug-likeness (QED) is 0.680. The highest BCUT2D eigenvalue weighted by Crippen LogP contribution is 2.20. The SMILES string of the molecule is CC(C)CNCCCCN1CCC(N2CCCC2)C1. The van der Waals surface area contributed by atoms with Crippen molar-refractivity contribution in [3.63, 3.8) is 0 Å². The summed E-state index contributed by atoms with van der Waals surface area (Å²) in [7, 11) is 0. The number of nitrogens with one attached hydrogen (secondary N) is 1. The Labute approximate surface area is 119 Å². The van der Waals surface area contributed by atoms with Gasteiger partial charge in [0.25, 0.3) is 0 Å². The number of hydrogen-bond donors (Lipinski definition) is 1. The molecule has 3 nitrogen and oxygen atoms in total. The molecular formula is C16H33N3. The molecule has 3 heteroatoms. The van der Waals surface area contributed by atoms with Gasteiger partial charge in [-0.1, -0.05) is 13.8 Å². The van der Waals surface area contributed by atoms with Crippen LogP contribution in [0.15, 0.2) is 0 Å². The highest BCUT2D eigenvalue weighted by atomic mass is 15.3. The summed E-state index contributed by atoms with van der Waals surface area (Å²) in [6.07, 6.45) is 6.96. The average molecular weight is 267 g/mol. The van der Waals surface area contributed by atoms with E-state index in [-0.39, 0.29) is 0 Å². The molecule has 0 amide bonds. The summed E-state index contributed by atoms with van der Waals surface area (Å²) < 4.78 is 0. The summed E-state index contributed by atoms with van der Waals surface area (Å²) in [5, 5.41) is 3.54. The molecule has 0 aromatic carbocycles. The first-order chi connectivity index (χ1) is 9.25. The Morgan fingerprint density at radius 2 is 1.89 bits per heavy atom. The first-order valence-electron chi connectivity index (χ1n) is 8.43. The van der Waals surface area contributed by atoms with E-state index in [0.717, 1.165) is 12.0 Å². The molecule has 112 valence electrons. The van der Waals surface area contributed by atoms with Crippen molar-refractivity contribution >= 4 is 0 Å². The fourth-order valence-electron chi connectivity index (χ4n) is 3.40. The summed E-state index contributed by atoms with van der Waals surface area (Å²) in [4.78, 5) is 5.41. The van der Waals surface area contributed by atoms with Crippen molar-refractivity contribution < 1.29 is 0 Å². The zero-order valence-corrected chi connectivity index (χ0v) is 13.0. The lowest BCUT2D eigenvalue weighted by Crippen LogP contribution is -2.35. The predicted octanol–water partition coefficient (Wildman–Crippen LogP) is 2.18. The van der Waals surface area contributed by atoms with Gasteiger partial charge in [0.2, 0.25) is 0 Å². The number of hydrogen-bond acceptors (Lipinski definition) is 3. The lowest BCUT2D eigenvalue weighted by atomic mass is 10.2. The lowest BCUT2D eigenvalue weighted by Gasteiger charge is -2.23. The molecule has 2 fully saturated rings. The molecule has 1 N–H and O–H groups in total. The Hall–Kier alpha value is -0.120. The van der Waals surface area contributed by atoms with Gasteiger partial charge in [-0.25, -0.2) is 0 Å². The van der Waals surface area contributed by atoms with E-state index < -0.39 is 0 Å². The maximum Gasteiger partial charge on any atom is 0.0235 e. The molecule has 0 aliphatic carbocycles. The van der Waals surface area contributed by atoms with Crippen LogP contribution in [0.4, 0.5) is 0 Å². The molecule has 2 heterocycles. The van der Waals surface area contributed by atoms with E-state index in [0.29, 0.717) is 0 Å². The second kappa shape index (κ2) is 8.23. The molecule has 0 bridgehead atoms. The van der Waals surface area contributed by atoms with Gasteiger partial charge in [0.15, 0.2) is 0 Å². The van der Waals surface area contributed by atoms with Gasteiger partial charge in [0, 0.05) is 12.6 Å². The van der Waals surface area contributed by atoms with E-state index in [2.05, 4.69) is 29.0 Å². The van der Waals surface area contributed by atoms with Gasteiger partial charge in [0.05, 0.1) is 0 Å². The van der Waals surface area contributed by atoms with Gasteiger partial charge in [-0.15, -0.1) is 0 Å². The molecule has 0 aromatic rings. The third kappa shape index (κ3) is 5.41. The normalized spacial score (nSPS) is 25.7. The minimum absolute atomic E-state index is 0.778. The fourth-order valence-corrected chi connectivity index (χ4v) is 3.40. The first kappa shape index (κ1) is 15.3. The zero-order chi connectivity index (χ0) is 13.5. The Kier molecular flexibility index (Phi) is 6.62. The molecule has 0 saturated carbocycles. The highest BCUT2D eigenvalue weighted by Gasteiger charge is 2.28. The summed E-state index contributed by atoms with van der Waals surface area (Å²) in [6, 6.07) is 0.876. The van der Waals surface area contributed by atoms with E-state index in [4.69, 9.17) is 0 Å². The van der Waals surface area contributed by atoms with E-state index in [1.54, 1.807) is 0 Å². The molecule has 0 aromatic heterocycles. The first-order valence-corrected chi connectivity index (χ1v) is 8.43. The standard InChI is InChI=1S/C16H33N3/c1-15(2)13-17-8-3-4-9-18-12-7-16(14-18)19-10-5-6-11-19/h15-17H,3-14H2,1-2H3. The number of nitrogens with zero attached hydrogens (tertiary/aromatic N) is 2. The van der Waals surface area contributed by atoms with Crippen molar-refractivity contribution in [1.29, 1.82) is 0 Å². The molecule has 0 radical (unpaired) electrons. The van der Waals surface area contributed by atoms with E-state index in [1.807, 2.05) is 0 Å². The van der Waals surface area contributed by atoms with Crippen molar-refractivity contribution in [2.24, 2.45) is 5.92 Å². The van der Waals surface area contributed by atoms with E-state index in [1.165, 1.54) is 77.9 Å². The Morgan fingerprint density at radius 3 is 2.63 bits per heavy atom. The third-order valence-corrected chi connectivity index (χ3v) is 4.54. The number of unbranched alkanes of at least 4 members (excludes halogenated alkanes) is 1. The molecule has 1 atom stereocenters. The monoisotopic (exact) mass is 267 g/mol. The van der Waals surface area contributed by atoms with Crippen LogP contribution in [-0.2, 0) is 0 Å². The van der Waals surface area contributed by atoms with Crippen molar-refractivity contribution in [3.05, 3.63) is 0 Å². The highest BCUT2D eigenvalue weighted by molar-refractivity contribution is 4.85. The van der Waals surface area contributed by atoms with Crippen molar-refractivity contribution in [1.82, 2.24) is 15.1 Å². The molecular weight excluding hydrogens is 234 g/mol. The van der Waals surface area contributed by atoms with Gasteiger partial charge in [0.1, 0.15) is 0 Å². The van der Waals surface area contributed by atoms with Crippen LogP contribution in [0.5, 0.6) is 0 Å². The van der Waals surface area contributed by atoms with Crippen LogP contribution in [0.1, 0.15) is 46.0 Å². The van der Waals surface area contributed by atoms with Crippen LogP contribution in [0, 0.1) is 5.92 Å². The fraction of sp³-hybridized carbons (Fsp3) is 1.00. The maximum absolute atomic E-state index is 3.54. The molecule has 1 unspecified atom stereocenters. The van der Waals surface area contributed by atoms with Crippen LogP contribution in [0.2, 0.25) is 0 Å². The lowest BCUT2D eigenvalue weighted by molar-refractivity contribution is 0.231. The third-order valence-electron chi connectivity index (χ3n) is 4.54. The second-order valence-corrected chi connectivity index (χ2v) is 6.79. The van der Waals surface area contributed by atoms with Crippen molar-refractivity contribution in [3.8, 4) is 0 Å². The average Bonchev–Trinajstić information content (AvgIpc) is 3.03. The molecule has 0 spiro atoms. The topological polar surface area (TPSA) is 18.5 Å². The Balaban J connectivity index is 1.48. The molecule has 2 aliphatic rings. The Bertz CT molecular complexity index is 236. The predicted molar refractivity (Wildman–Crippen MR) is 82.6 cm³/mol. The summed E-state index contributed by atoms with van der Waals surface area (Å²) in [5.74, 6) is 0.778. The molecule has 2 rings (SSSR count). The Morgan fingerprint density at radius 1 is 1.11 bits per heavy atom. The van der Waals surface area contributed by atoms with Crippen LogP contribution in [0.25, 0.3) is 0 Å². The van der Waals surface area contributed by atoms with E-state index in [9.17, 15) is 0 Å². The minimum Gasteiger partial charge on any atom is -0.316 e.